The van der Waals surface area contributed by atoms with Crippen molar-refractivity contribution in [1.29, 1.82) is 0 Å². The number of anilines is 1. The lowest BCUT2D eigenvalue weighted by Gasteiger charge is -2.26. The van der Waals surface area contributed by atoms with Crippen LogP contribution in [-0.2, 0) is 13.0 Å². The number of hydrogen-bond acceptors (Lipinski definition) is 3. The highest BCUT2D eigenvalue weighted by atomic mass is 16.2. The van der Waals surface area contributed by atoms with Gasteiger partial charge >= 0.3 is 0 Å². The van der Waals surface area contributed by atoms with Crippen LogP contribution in [0.25, 0.3) is 0 Å². The molecule has 104 valence electrons. The van der Waals surface area contributed by atoms with Crippen LogP contribution in [0.2, 0.25) is 0 Å². The highest BCUT2D eigenvalue weighted by Crippen LogP contribution is 2.19. The van der Waals surface area contributed by atoms with Gasteiger partial charge < -0.3 is 14.8 Å². The van der Waals surface area contributed by atoms with E-state index in [1.807, 2.05) is 48.2 Å². The van der Waals surface area contributed by atoms with E-state index >= 15 is 0 Å². The Kier molecular flexibility index (Phi) is 3.18. The van der Waals surface area contributed by atoms with E-state index in [4.69, 9.17) is 0 Å². The average Bonchev–Trinajstić information content (AvgIpc) is 2.94. The largest absolute Gasteiger partial charge is 0.378 e. The molecule has 0 aliphatic carbocycles. The SMILES string of the molecule is CN(C)c1ccc(C(=O)N2CCc3nc[nH]c3C2)cc1. The number of nitrogens with zero attached hydrogens (tertiary/aromatic N) is 3. The maximum absolute atomic E-state index is 12.5. The predicted octanol–water partition coefficient (Wildman–Crippen LogP) is 1.67. The fourth-order valence-electron chi connectivity index (χ4n) is 2.47. The minimum absolute atomic E-state index is 0.0792. The summed E-state index contributed by atoms with van der Waals surface area (Å²) in [5.74, 6) is 0.0792. The van der Waals surface area contributed by atoms with Gasteiger partial charge in [-0.05, 0) is 24.3 Å². The van der Waals surface area contributed by atoms with Crippen LogP contribution in [0.5, 0.6) is 0 Å². The highest BCUT2D eigenvalue weighted by molar-refractivity contribution is 5.94. The van der Waals surface area contributed by atoms with Crippen molar-refractivity contribution < 1.29 is 4.79 Å². The van der Waals surface area contributed by atoms with Gasteiger partial charge in [-0.15, -0.1) is 0 Å². The first-order chi connectivity index (χ1) is 9.65. The maximum Gasteiger partial charge on any atom is 0.254 e. The third-order valence-corrected chi connectivity index (χ3v) is 3.69. The van der Waals surface area contributed by atoms with E-state index in [1.165, 1.54) is 0 Å². The summed E-state index contributed by atoms with van der Waals surface area (Å²) in [6, 6.07) is 7.72. The Hall–Kier alpha value is -2.30. The van der Waals surface area contributed by atoms with E-state index in [1.54, 1.807) is 6.33 Å². The molecule has 0 atom stereocenters. The molecule has 0 saturated heterocycles. The van der Waals surface area contributed by atoms with Gasteiger partial charge in [-0.3, -0.25) is 4.79 Å². The Morgan fingerprint density at radius 3 is 2.75 bits per heavy atom. The van der Waals surface area contributed by atoms with Crippen molar-refractivity contribution in [2.24, 2.45) is 0 Å². The van der Waals surface area contributed by atoms with Crippen molar-refractivity contribution >= 4 is 11.6 Å². The summed E-state index contributed by atoms with van der Waals surface area (Å²) >= 11 is 0. The summed E-state index contributed by atoms with van der Waals surface area (Å²) in [6.07, 6.45) is 2.52. The zero-order valence-corrected chi connectivity index (χ0v) is 11.8. The molecule has 0 spiro atoms. The van der Waals surface area contributed by atoms with Crippen LogP contribution in [0.4, 0.5) is 5.69 Å². The molecule has 2 heterocycles. The first-order valence-electron chi connectivity index (χ1n) is 6.73. The molecule has 5 nitrogen and oxygen atoms in total. The second kappa shape index (κ2) is 5.00. The Bertz CT molecular complexity index is 615. The average molecular weight is 270 g/mol. The summed E-state index contributed by atoms with van der Waals surface area (Å²) in [4.78, 5) is 23.7. The van der Waals surface area contributed by atoms with E-state index in [-0.39, 0.29) is 5.91 Å². The number of hydrogen-bond donors (Lipinski definition) is 1. The molecule has 5 heteroatoms. The molecule has 1 aromatic carbocycles. The Balaban J connectivity index is 1.76. The molecular weight excluding hydrogens is 252 g/mol. The molecular formula is C15H18N4O. The molecule has 1 aromatic heterocycles. The standard InChI is InChI=1S/C15H18N4O/c1-18(2)12-5-3-11(4-6-12)15(20)19-8-7-13-14(9-19)17-10-16-13/h3-6,10H,7-9H2,1-2H3,(H,16,17). The lowest BCUT2D eigenvalue weighted by molar-refractivity contribution is 0.0732. The Labute approximate surface area is 118 Å². The number of carbonyl (C=O) groups is 1. The van der Waals surface area contributed by atoms with E-state index in [0.29, 0.717) is 6.54 Å². The van der Waals surface area contributed by atoms with E-state index in [2.05, 4.69) is 9.97 Å². The highest BCUT2D eigenvalue weighted by Gasteiger charge is 2.23. The summed E-state index contributed by atoms with van der Waals surface area (Å²) in [5, 5.41) is 0. The summed E-state index contributed by atoms with van der Waals surface area (Å²) in [7, 11) is 3.97. The first-order valence-corrected chi connectivity index (χ1v) is 6.73. The van der Waals surface area contributed by atoms with Crippen molar-refractivity contribution in [3.05, 3.63) is 47.5 Å². The van der Waals surface area contributed by atoms with Crippen LogP contribution in [0, 0.1) is 0 Å². The molecule has 0 unspecified atom stereocenters. The summed E-state index contributed by atoms with van der Waals surface area (Å²) in [5.41, 5.74) is 3.96. The van der Waals surface area contributed by atoms with Gasteiger partial charge in [0.05, 0.1) is 24.3 Å². The quantitative estimate of drug-likeness (QED) is 0.903. The van der Waals surface area contributed by atoms with Crippen LogP contribution in [-0.4, -0.2) is 41.4 Å². The van der Waals surface area contributed by atoms with Gasteiger partial charge in [0.1, 0.15) is 0 Å². The van der Waals surface area contributed by atoms with Crippen molar-refractivity contribution in [3.8, 4) is 0 Å². The van der Waals surface area contributed by atoms with Gasteiger partial charge in [-0.25, -0.2) is 4.98 Å². The Morgan fingerprint density at radius 2 is 2.05 bits per heavy atom. The van der Waals surface area contributed by atoms with Crippen molar-refractivity contribution in [2.45, 2.75) is 13.0 Å². The number of fused-ring (bicyclic) bond motifs is 1. The van der Waals surface area contributed by atoms with Gasteiger partial charge in [0, 0.05) is 38.3 Å². The molecule has 0 fully saturated rings. The number of aromatic nitrogens is 2. The molecule has 1 amide bonds. The van der Waals surface area contributed by atoms with Crippen molar-refractivity contribution in [3.63, 3.8) is 0 Å². The molecule has 0 radical (unpaired) electrons. The maximum atomic E-state index is 12.5. The van der Waals surface area contributed by atoms with Crippen molar-refractivity contribution in [1.82, 2.24) is 14.9 Å². The zero-order chi connectivity index (χ0) is 14.1. The lowest BCUT2D eigenvalue weighted by Crippen LogP contribution is -2.36. The number of rotatable bonds is 2. The van der Waals surface area contributed by atoms with Crippen molar-refractivity contribution in [2.75, 3.05) is 25.5 Å². The molecule has 20 heavy (non-hydrogen) atoms. The number of nitrogens with one attached hydrogen (secondary N) is 1. The molecule has 1 aliphatic rings. The smallest absolute Gasteiger partial charge is 0.254 e. The third kappa shape index (κ3) is 2.27. The summed E-state index contributed by atoms with van der Waals surface area (Å²) in [6.45, 7) is 1.34. The van der Waals surface area contributed by atoms with Crippen LogP contribution in [0.3, 0.4) is 0 Å². The van der Waals surface area contributed by atoms with Gasteiger partial charge in [0.25, 0.3) is 5.91 Å². The number of H-pyrrole nitrogens is 1. The monoisotopic (exact) mass is 270 g/mol. The molecule has 2 aromatic rings. The van der Waals surface area contributed by atoms with E-state index in [9.17, 15) is 4.79 Å². The van der Waals surface area contributed by atoms with Crippen LogP contribution < -0.4 is 4.90 Å². The second-order valence-corrected chi connectivity index (χ2v) is 5.25. The fourth-order valence-corrected chi connectivity index (χ4v) is 2.47. The number of benzene rings is 1. The van der Waals surface area contributed by atoms with Gasteiger partial charge in [0.15, 0.2) is 0 Å². The summed E-state index contributed by atoms with van der Waals surface area (Å²) < 4.78 is 0. The van der Waals surface area contributed by atoms with E-state index in [0.717, 1.165) is 35.6 Å². The van der Waals surface area contributed by atoms with Crippen LogP contribution in [0.1, 0.15) is 21.7 Å². The fraction of sp³-hybridized carbons (Fsp3) is 0.333. The topological polar surface area (TPSA) is 52.2 Å². The number of carbonyl (C=O) groups excluding carboxylic acids is 1. The van der Waals surface area contributed by atoms with Crippen LogP contribution >= 0.6 is 0 Å². The molecule has 1 N–H and O–H groups in total. The molecule has 0 saturated carbocycles. The minimum Gasteiger partial charge on any atom is -0.378 e. The molecule has 0 bridgehead atoms. The third-order valence-electron chi connectivity index (χ3n) is 3.69. The Morgan fingerprint density at radius 1 is 1.30 bits per heavy atom. The first kappa shape index (κ1) is 12.7. The number of imidazole rings is 1. The molecule has 1 aliphatic heterocycles. The van der Waals surface area contributed by atoms with E-state index < -0.39 is 0 Å². The minimum atomic E-state index is 0.0792. The van der Waals surface area contributed by atoms with Gasteiger partial charge in [-0.1, -0.05) is 0 Å². The van der Waals surface area contributed by atoms with Gasteiger partial charge in [-0.2, -0.15) is 0 Å². The molecule has 3 rings (SSSR count). The normalized spacial score (nSPS) is 14.0. The number of amides is 1. The zero-order valence-electron chi connectivity index (χ0n) is 11.8. The van der Waals surface area contributed by atoms with Crippen LogP contribution in [0.15, 0.2) is 30.6 Å². The number of aromatic amines is 1. The lowest BCUT2D eigenvalue weighted by atomic mass is 10.1. The predicted molar refractivity (Wildman–Crippen MR) is 77.8 cm³/mol. The second-order valence-electron chi connectivity index (χ2n) is 5.25. The van der Waals surface area contributed by atoms with Gasteiger partial charge in [0.2, 0.25) is 0 Å².